The Balaban J connectivity index is 1.69. The van der Waals surface area contributed by atoms with E-state index in [9.17, 15) is 13.2 Å². The van der Waals surface area contributed by atoms with Gasteiger partial charge in [0.15, 0.2) is 11.6 Å². The van der Waals surface area contributed by atoms with Crippen LogP contribution in [0.2, 0.25) is 0 Å². The number of benzene rings is 2. The van der Waals surface area contributed by atoms with Crippen LogP contribution < -0.4 is 4.74 Å². The molecule has 2 unspecified atom stereocenters. The first-order valence-corrected chi connectivity index (χ1v) is 11.6. The molecule has 1 fully saturated rings. The minimum atomic E-state index is -1.03. The molecule has 1 aliphatic rings. The summed E-state index contributed by atoms with van der Waals surface area (Å²) in [5, 5.41) is 0. The molecule has 1 saturated heterocycles. The van der Waals surface area contributed by atoms with Gasteiger partial charge in [0.2, 0.25) is 5.82 Å². The van der Waals surface area contributed by atoms with Gasteiger partial charge in [0.25, 0.3) is 0 Å². The smallest absolute Gasteiger partial charge is 0.201 e. The number of ether oxygens (including phenoxy) is 2. The fourth-order valence-electron chi connectivity index (χ4n) is 4.20. The summed E-state index contributed by atoms with van der Waals surface area (Å²) >= 11 is 0. The Morgan fingerprint density at radius 2 is 1.77 bits per heavy atom. The van der Waals surface area contributed by atoms with Crippen LogP contribution in [0.3, 0.4) is 0 Å². The summed E-state index contributed by atoms with van der Waals surface area (Å²) in [6.45, 7) is 5.08. The van der Waals surface area contributed by atoms with Crippen molar-refractivity contribution in [3.8, 4) is 16.9 Å². The van der Waals surface area contributed by atoms with Crippen molar-refractivity contribution in [3.05, 3.63) is 53.3 Å². The van der Waals surface area contributed by atoms with E-state index in [4.69, 9.17) is 9.47 Å². The summed E-state index contributed by atoms with van der Waals surface area (Å²) in [4.78, 5) is 0. The molecule has 3 rings (SSSR count). The van der Waals surface area contributed by atoms with Gasteiger partial charge in [0, 0.05) is 11.5 Å². The Labute approximate surface area is 183 Å². The minimum absolute atomic E-state index is 0.00720. The van der Waals surface area contributed by atoms with Gasteiger partial charge in [-0.1, -0.05) is 51.7 Å². The van der Waals surface area contributed by atoms with E-state index in [1.807, 2.05) is 0 Å². The van der Waals surface area contributed by atoms with E-state index in [0.717, 1.165) is 51.4 Å². The van der Waals surface area contributed by atoms with Crippen LogP contribution in [-0.2, 0) is 4.74 Å². The first-order valence-electron chi connectivity index (χ1n) is 11.6. The zero-order valence-corrected chi connectivity index (χ0v) is 18.6. The zero-order valence-electron chi connectivity index (χ0n) is 18.6. The van der Waals surface area contributed by atoms with Crippen LogP contribution in [0.4, 0.5) is 13.2 Å². The van der Waals surface area contributed by atoms with Crippen LogP contribution in [0.15, 0.2) is 30.3 Å². The van der Waals surface area contributed by atoms with Crippen LogP contribution in [0.1, 0.15) is 76.7 Å². The monoisotopic (exact) mass is 434 g/mol. The molecule has 5 heteroatoms. The van der Waals surface area contributed by atoms with E-state index in [1.165, 1.54) is 18.2 Å². The molecule has 0 N–H and O–H groups in total. The highest BCUT2D eigenvalue weighted by atomic mass is 19.2. The lowest BCUT2D eigenvalue weighted by atomic mass is 9.89. The zero-order chi connectivity index (χ0) is 22.2. The number of halogens is 3. The molecule has 2 aromatic rings. The third-order valence-corrected chi connectivity index (χ3v) is 6.03. The highest BCUT2D eigenvalue weighted by Gasteiger charge is 2.25. The second-order valence-corrected chi connectivity index (χ2v) is 8.40. The molecule has 31 heavy (non-hydrogen) atoms. The van der Waals surface area contributed by atoms with Gasteiger partial charge in [0.1, 0.15) is 5.82 Å². The molecule has 2 aromatic carbocycles. The van der Waals surface area contributed by atoms with E-state index in [-0.39, 0.29) is 23.3 Å². The van der Waals surface area contributed by atoms with Gasteiger partial charge in [-0.25, -0.2) is 8.78 Å². The predicted molar refractivity (Wildman–Crippen MR) is 118 cm³/mol. The van der Waals surface area contributed by atoms with Crippen molar-refractivity contribution in [3.63, 3.8) is 0 Å². The third-order valence-electron chi connectivity index (χ3n) is 6.03. The number of hydrogen-bond acceptors (Lipinski definition) is 2. The van der Waals surface area contributed by atoms with E-state index in [1.54, 1.807) is 12.1 Å². The highest BCUT2D eigenvalue weighted by molar-refractivity contribution is 5.66. The Kier molecular flexibility index (Phi) is 8.82. The predicted octanol–water partition coefficient (Wildman–Crippen LogP) is 7.79. The van der Waals surface area contributed by atoms with Crippen LogP contribution in [0.5, 0.6) is 5.75 Å². The maximum Gasteiger partial charge on any atom is 0.201 e. The summed E-state index contributed by atoms with van der Waals surface area (Å²) in [6, 6.07) is 7.49. The number of unbranched alkanes of at least 4 members (excludes halogenated alkanes) is 3. The largest absolute Gasteiger partial charge is 0.490 e. The first-order chi connectivity index (χ1) is 15.0. The first kappa shape index (κ1) is 23.6. The molecule has 1 aliphatic heterocycles. The Morgan fingerprint density at radius 1 is 0.935 bits per heavy atom. The molecule has 0 aliphatic carbocycles. The maximum absolute atomic E-state index is 14.8. The SMILES string of the molecule is CCCCCCOc1ccc(-c2ccc(C3CCC(CCC)OC3)c(F)c2)c(F)c1F. The Hall–Kier alpha value is -2.01. The topological polar surface area (TPSA) is 18.5 Å². The molecule has 0 aromatic heterocycles. The van der Waals surface area contributed by atoms with Crippen LogP contribution in [0, 0.1) is 17.5 Å². The van der Waals surface area contributed by atoms with Gasteiger partial charge in [-0.15, -0.1) is 0 Å². The van der Waals surface area contributed by atoms with Crippen LogP contribution >= 0.6 is 0 Å². The second-order valence-electron chi connectivity index (χ2n) is 8.40. The molecule has 170 valence electrons. The number of hydrogen-bond donors (Lipinski definition) is 0. The van der Waals surface area contributed by atoms with Crippen molar-refractivity contribution >= 4 is 0 Å². The maximum atomic E-state index is 14.8. The van der Waals surface area contributed by atoms with Crippen LogP contribution in [-0.4, -0.2) is 19.3 Å². The van der Waals surface area contributed by atoms with E-state index >= 15 is 0 Å². The quantitative estimate of drug-likeness (QED) is 0.355. The molecular formula is C26H33F3O2. The third kappa shape index (κ3) is 6.03. The van der Waals surface area contributed by atoms with Gasteiger partial charge < -0.3 is 9.47 Å². The van der Waals surface area contributed by atoms with Crippen molar-refractivity contribution < 1.29 is 22.6 Å². The summed E-state index contributed by atoms with van der Waals surface area (Å²) in [7, 11) is 0. The van der Waals surface area contributed by atoms with Crippen molar-refractivity contribution in [2.75, 3.05) is 13.2 Å². The van der Waals surface area contributed by atoms with Crippen LogP contribution in [0.25, 0.3) is 11.1 Å². The average molecular weight is 435 g/mol. The van der Waals surface area contributed by atoms with Gasteiger partial charge in [0.05, 0.1) is 19.3 Å². The van der Waals surface area contributed by atoms with Gasteiger partial charge >= 0.3 is 0 Å². The lowest BCUT2D eigenvalue weighted by Crippen LogP contribution is -2.25. The Morgan fingerprint density at radius 3 is 2.45 bits per heavy atom. The van der Waals surface area contributed by atoms with E-state index in [2.05, 4.69) is 13.8 Å². The molecular weight excluding hydrogens is 401 g/mol. The van der Waals surface area contributed by atoms with Crippen molar-refractivity contribution in [2.45, 2.75) is 77.2 Å². The fraction of sp³-hybridized carbons (Fsp3) is 0.538. The Bertz CT molecular complexity index is 845. The van der Waals surface area contributed by atoms with Gasteiger partial charge in [-0.2, -0.15) is 4.39 Å². The summed E-state index contributed by atoms with van der Waals surface area (Å²) in [5.74, 6) is -2.55. The molecule has 2 atom stereocenters. The highest BCUT2D eigenvalue weighted by Crippen LogP contribution is 2.35. The normalized spacial score (nSPS) is 18.9. The molecule has 1 heterocycles. The lowest BCUT2D eigenvalue weighted by Gasteiger charge is -2.29. The van der Waals surface area contributed by atoms with Gasteiger partial charge in [-0.05, 0) is 55.0 Å². The van der Waals surface area contributed by atoms with Crippen molar-refractivity contribution in [1.29, 1.82) is 0 Å². The van der Waals surface area contributed by atoms with Gasteiger partial charge in [-0.3, -0.25) is 0 Å². The standard InChI is InChI=1S/C26H33F3O2/c1-3-5-6-7-15-30-24-14-13-22(25(28)26(24)29)18-10-12-21(23(27)16-18)19-9-11-20(8-4-2)31-17-19/h10,12-14,16,19-20H,3-9,11,15,17H2,1-2H3. The molecule has 0 spiro atoms. The second kappa shape index (κ2) is 11.6. The van der Waals surface area contributed by atoms with Crippen molar-refractivity contribution in [1.82, 2.24) is 0 Å². The molecule has 0 amide bonds. The average Bonchev–Trinajstić information content (AvgIpc) is 2.77. The molecule has 0 radical (unpaired) electrons. The minimum Gasteiger partial charge on any atom is -0.490 e. The van der Waals surface area contributed by atoms with E-state index in [0.29, 0.717) is 24.3 Å². The van der Waals surface area contributed by atoms with Crippen molar-refractivity contribution in [2.24, 2.45) is 0 Å². The lowest BCUT2D eigenvalue weighted by molar-refractivity contribution is -0.00172. The summed E-state index contributed by atoms with van der Waals surface area (Å²) in [6.07, 6.45) is 8.12. The number of rotatable bonds is 10. The summed E-state index contributed by atoms with van der Waals surface area (Å²) < 4.78 is 55.3. The fourth-order valence-corrected chi connectivity index (χ4v) is 4.20. The van der Waals surface area contributed by atoms with E-state index < -0.39 is 17.5 Å². The molecule has 0 bridgehead atoms. The summed E-state index contributed by atoms with van der Waals surface area (Å²) in [5.41, 5.74) is 0.920. The molecule has 0 saturated carbocycles. The molecule has 2 nitrogen and oxygen atoms in total.